The van der Waals surface area contributed by atoms with E-state index in [0.29, 0.717) is 0 Å². The fourth-order valence-electron chi connectivity index (χ4n) is 4.07. The Balaban J connectivity index is 1.56. The fraction of sp³-hybridized carbons (Fsp3) is 0.355. The van der Waals surface area contributed by atoms with Crippen LogP contribution in [-0.2, 0) is 16.1 Å². The Morgan fingerprint density at radius 1 is 0.676 bits per heavy atom. The van der Waals surface area contributed by atoms with Crippen molar-refractivity contribution in [3.8, 4) is 0 Å². The number of amides is 2. The van der Waals surface area contributed by atoms with Crippen LogP contribution in [0.2, 0.25) is 0 Å². The third-order valence-corrected chi connectivity index (χ3v) is 5.84. The summed E-state index contributed by atoms with van der Waals surface area (Å²) >= 11 is 0. The number of alkyl carbamates (subject to hydrolysis) is 2. The Morgan fingerprint density at radius 2 is 1.11 bits per heavy atom. The van der Waals surface area contributed by atoms with Crippen LogP contribution in [0, 0.1) is 0 Å². The van der Waals surface area contributed by atoms with Gasteiger partial charge in [0.1, 0.15) is 12.2 Å². The lowest BCUT2D eigenvalue weighted by Crippen LogP contribution is -2.35. The average molecular weight is 503 g/mol. The summed E-state index contributed by atoms with van der Waals surface area (Å²) < 4.78 is 10.9. The second-order valence-corrected chi connectivity index (χ2v) is 10.1. The molecular formula is C31H38N2O4. The van der Waals surface area contributed by atoms with E-state index in [0.717, 1.165) is 42.4 Å². The summed E-state index contributed by atoms with van der Waals surface area (Å²) in [7, 11) is 0. The third kappa shape index (κ3) is 10.4. The molecule has 0 aromatic heterocycles. The van der Waals surface area contributed by atoms with Crippen LogP contribution in [0.25, 0.3) is 0 Å². The first-order chi connectivity index (χ1) is 17.8. The van der Waals surface area contributed by atoms with Gasteiger partial charge in [-0.05, 0) is 50.3 Å². The molecule has 0 heterocycles. The number of nitrogens with one attached hydrogen (secondary N) is 2. The van der Waals surface area contributed by atoms with Gasteiger partial charge in [0.2, 0.25) is 0 Å². The average Bonchev–Trinajstić information content (AvgIpc) is 2.89. The lowest BCUT2D eigenvalue weighted by atomic mass is 9.97. The number of rotatable bonds is 11. The van der Waals surface area contributed by atoms with Crippen LogP contribution in [0.4, 0.5) is 9.59 Å². The standard InChI is InChI=1S/C31H38N2O4/c1-31(2,3)37-30(35)33-28(26-19-11-6-12-20-26)22-14-13-21-27(25-17-9-5-10-18-25)32-29(34)36-23-24-15-7-4-8-16-24/h4-12,15-20,27-28H,13-14,21-23H2,1-3H3,(H,32,34)(H,33,35). The monoisotopic (exact) mass is 502 g/mol. The zero-order chi connectivity index (χ0) is 26.5. The van der Waals surface area contributed by atoms with E-state index in [1.54, 1.807) is 0 Å². The molecule has 0 saturated carbocycles. The topological polar surface area (TPSA) is 76.7 Å². The molecule has 196 valence electrons. The molecule has 37 heavy (non-hydrogen) atoms. The minimum absolute atomic E-state index is 0.157. The first-order valence-electron chi connectivity index (χ1n) is 12.9. The molecule has 2 N–H and O–H groups in total. The lowest BCUT2D eigenvalue weighted by molar-refractivity contribution is 0.0500. The van der Waals surface area contributed by atoms with Gasteiger partial charge in [-0.1, -0.05) is 104 Å². The van der Waals surface area contributed by atoms with Gasteiger partial charge >= 0.3 is 12.2 Å². The molecule has 2 atom stereocenters. The van der Waals surface area contributed by atoms with Crippen LogP contribution in [0.1, 0.15) is 75.2 Å². The molecule has 0 bridgehead atoms. The van der Waals surface area contributed by atoms with E-state index in [4.69, 9.17) is 9.47 Å². The van der Waals surface area contributed by atoms with Crippen LogP contribution < -0.4 is 10.6 Å². The van der Waals surface area contributed by atoms with Gasteiger partial charge in [-0.3, -0.25) is 0 Å². The lowest BCUT2D eigenvalue weighted by Gasteiger charge is -2.24. The summed E-state index contributed by atoms with van der Waals surface area (Å²) in [4.78, 5) is 25.0. The smallest absolute Gasteiger partial charge is 0.408 e. The van der Waals surface area contributed by atoms with Gasteiger partial charge in [0.05, 0.1) is 12.1 Å². The van der Waals surface area contributed by atoms with Gasteiger partial charge in [-0.15, -0.1) is 0 Å². The maximum Gasteiger partial charge on any atom is 0.408 e. The maximum atomic E-state index is 12.6. The van der Waals surface area contributed by atoms with Crippen molar-refractivity contribution >= 4 is 12.2 Å². The van der Waals surface area contributed by atoms with E-state index in [1.165, 1.54) is 0 Å². The Bertz CT molecular complexity index is 1080. The molecule has 0 fully saturated rings. The number of ether oxygens (including phenoxy) is 2. The Morgan fingerprint density at radius 3 is 1.57 bits per heavy atom. The molecule has 0 aliphatic rings. The molecule has 3 aromatic carbocycles. The normalized spacial score (nSPS) is 12.7. The zero-order valence-corrected chi connectivity index (χ0v) is 22.0. The predicted octanol–water partition coefficient (Wildman–Crippen LogP) is 7.48. The van der Waals surface area contributed by atoms with E-state index >= 15 is 0 Å². The van der Waals surface area contributed by atoms with Crippen LogP contribution in [0.3, 0.4) is 0 Å². The highest BCUT2D eigenvalue weighted by atomic mass is 16.6. The number of carbonyl (C=O) groups excluding carboxylic acids is 2. The number of hydrogen-bond acceptors (Lipinski definition) is 4. The van der Waals surface area contributed by atoms with Crippen molar-refractivity contribution in [3.05, 3.63) is 108 Å². The van der Waals surface area contributed by atoms with Crippen molar-refractivity contribution in [2.45, 2.75) is 70.7 Å². The van der Waals surface area contributed by atoms with E-state index in [2.05, 4.69) is 10.6 Å². The maximum absolute atomic E-state index is 12.6. The van der Waals surface area contributed by atoms with Crippen molar-refractivity contribution < 1.29 is 19.1 Å². The third-order valence-electron chi connectivity index (χ3n) is 5.84. The number of unbranched alkanes of at least 4 members (excludes halogenated alkanes) is 1. The Hall–Kier alpha value is -3.80. The number of carbonyl (C=O) groups is 2. The zero-order valence-electron chi connectivity index (χ0n) is 22.0. The molecule has 6 heteroatoms. The molecule has 0 aliphatic heterocycles. The molecule has 0 aliphatic carbocycles. The molecule has 3 rings (SSSR count). The van der Waals surface area contributed by atoms with Crippen molar-refractivity contribution in [3.63, 3.8) is 0 Å². The van der Waals surface area contributed by atoms with Crippen LogP contribution in [0.15, 0.2) is 91.0 Å². The first kappa shape index (κ1) is 27.8. The minimum atomic E-state index is -0.561. The molecular weight excluding hydrogens is 464 g/mol. The predicted molar refractivity (Wildman–Crippen MR) is 146 cm³/mol. The van der Waals surface area contributed by atoms with Gasteiger partial charge in [0.25, 0.3) is 0 Å². The van der Waals surface area contributed by atoms with Crippen molar-refractivity contribution in [2.75, 3.05) is 0 Å². The summed E-state index contributed by atoms with van der Waals surface area (Å²) in [6.07, 6.45) is 2.36. The van der Waals surface area contributed by atoms with Gasteiger partial charge in [-0.25, -0.2) is 9.59 Å². The summed E-state index contributed by atoms with van der Waals surface area (Å²) in [5, 5.41) is 6.05. The van der Waals surface area contributed by atoms with Crippen LogP contribution in [-0.4, -0.2) is 17.8 Å². The van der Waals surface area contributed by atoms with Gasteiger partial charge < -0.3 is 20.1 Å². The second kappa shape index (κ2) is 14.1. The summed E-state index contributed by atoms with van der Waals surface area (Å²) in [6.45, 7) is 5.78. The minimum Gasteiger partial charge on any atom is -0.445 e. The quantitative estimate of drug-likeness (QED) is 0.267. The second-order valence-electron chi connectivity index (χ2n) is 10.1. The van der Waals surface area contributed by atoms with E-state index in [9.17, 15) is 9.59 Å². The molecule has 2 amide bonds. The molecule has 6 nitrogen and oxygen atoms in total. The van der Waals surface area contributed by atoms with Crippen molar-refractivity contribution in [1.29, 1.82) is 0 Å². The molecule has 3 aromatic rings. The molecule has 0 radical (unpaired) electrons. The van der Waals surface area contributed by atoms with Gasteiger partial charge in [0.15, 0.2) is 0 Å². The largest absolute Gasteiger partial charge is 0.445 e. The Labute approximate surface area is 220 Å². The summed E-state index contributed by atoms with van der Waals surface area (Å²) in [5.41, 5.74) is 2.45. The number of benzene rings is 3. The molecule has 2 unspecified atom stereocenters. The highest BCUT2D eigenvalue weighted by Crippen LogP contribution is 2.24. The van der Waals surface area contributed by atoms with Gasteiger partial charge in [-0.2, -0.15) is 0 Å². The van der Waals surface area contributed by atoms with Crippen molar-refractivity contribution in [1.82, 2.24) is 10.6 Å². The summed E-state index contributed by atoms with van der Waals surface area (Å²) in [6, 6.07) is 29.1. The highest BCUT2D eigenvalue weighted by Gasteiger charge is 2.21. The SMILES string of the molecule is CC(C)(C)OC(=O)NC(CCCCC(NC(=O)OCc1ccccc1)c1ccccc1)c1ccccc1. The van der Waals surface area contributed by atoms with Crippen LogP contribution in [0.5, 0.6) is 0 Å². The van der Waals surface area contributed by atoms with E-state index in [1.807, 2.05) is 112 Å². The number of hydrogen-bond donors (Lipinski definition) is 2. The van der Waals surface area contributed by atoms with E-state index < -0.39 is 17.8 Å². The van der Waals surface area contributed by atoms with E-state index in [-0.39, 0.29) is 18.7 Å². The van der Waals surface area contributed by atoms with Crippen molar-refractivity contribution in [2.24, 2.45) is 0 Å². The van der Waals surface area contributed by atoms with Gasteiger partial charge in [0, 0.05) is 0 Å². The Kier molecular flexibility index (Phi) is 10.6. The highest BCUT2D eigenvalue weighted by molar-refractivity contribution is 5.68. The first-order valence-corrected chi connectivity index (χ1v) is 12.9. The fourth-order valence-corrected chi connectivity index (χ4v) is 4.07. The summed E-state index contributed by atoms with van der Waals surface area (Å²) in [5.74, 6) is 0. The molecule has 0 spiro atoms. The van der Waals surface area contributed by atoms with Crippen LogP contribution >= 0.6 is 0 Å². The molecule has 0 saturated heterocycles.